The third-order valence-electron chi connectivity index (χ3n) is 4.54. The predicted molar refractivity (Wildman–Crippen MR) is 103 cm³/mol. The molecule has 0 fully saturated rings. The molecule has 0 saturated heterocycles. The minimum absolute atomic E-state index is 0.0828. The van der Waals surface area contributed by atoms with Gasteiger partial charge in [-0.05, 0) is 62.7 Å². The molecule has 26 heavy (non-hydrogen) atoms. The van der Waals surface area contributed by atoms with Crippen LogP contribution in [0.3, 0.4) is 0 Å². The molecule has 2 aromatic carbocycles. The van der Waals surface area contributed by atoms with Gasteiger partial charge in [0.1, 0.15) is 5.82 Å². The SMILES string of the molecule is Cc1cc(C(=O)CNCCc2ccc(F)cc2)c(C)n1-c1ccccc1. The first-order valence-corrected chi connectivity index (χ1v) is 8.79. The van der Waals surface area contributed by atoms with E-state index in [4.69, 9.17) is 0 Å². The lowest BCUT2D eigenvalue weighted by Crippen LogP contribution is -2.25. The Morgan fingerprint density at radius 1 is 1.04 bits per heavy atom. The van der Waals surface area contributed by atoms with Gasteiger partial charge in [-0.1, -0.05) is 30.3 Å². The number of aromatic nitrogens is 1. The van der Waals surface area contributed by atoms with Gasteiger partial charge in [0, 0.05) is 22.6 Å². The molecule has 0 bridgehead atoms. The first kappa shape index (κ1) is 18.1. The lowest BCUT2D eigenvalue weighted by Gasteiger charge is -2.09. The summed E-state index contributed by atoms with van der Waals surface area (Å²) in [5.41, 5.74) is 4.86. The Hall–Kier alpha value is -2.72. The number of nitrogens with zero attached hydrogens (tertiary/aromatic N) is 1. The number of rotatable bonds is 7. The molecule has 3 rings (SSSR count). The van der Waals surface area contributed by atoms with E-state index >= 15 is 0 Å². The number of hydrogen-bond donors (Lipinski definition) is 1. The van der Waals surface area contributed by atoms with E-state index < -0.39 is 0 Å². The van der Waals surface area contributed by atoms with Crippen LogP contribution in [0.25, 0.3) is 5.69 Å². The van der Waals surface area contributed by atoms with Crippen LogP contribution in [0.15, 0.2) is 60.7 Å². The largest absolute Gasteiger partial charge is 0.318 e. The van der Waals surface area contributed by atoms with Gasteiger partial charge in [-0.15, -0.1) is 0 Å². The zero-order chi connectivity index (χ0) is 18.5. The molecule has 0 unspecified atom stereocenters. The van der Waals surface area contributed by atoms with Crippen molar-refractivity contribution >= 4 is 5.78 Å². The van der Waals surface area contributed by atoms with Gasteiger partial charge >= 0.3 is 0 Å². The van der Waals surface area contributed by atoms with Crippen molar-refractivity contribution in [2.24, 2.45) is 0 Å². The van der Waals surface area contributed by atoms with Crippen LogP contribution in [0.5, 0.6) is 0 Å². The van der Waals surface area contributed by atoms with E-state index in [0.29, 0.717) is 13.1 Å². The fraction of sp³-hybridized carbons (Fsp3) is 0.227. The first-order valence-electron chi connectivity index (χ1n) is 8.79. The minimum Gasteiger partial charge on any atom is -0.318 e. The molecule has 4 heteroatoms. The second-order valence-corrected chi connectivity index (χ2v) is 6.43. The summed E-state index contributed by atoms with van der Waals surface area (Å²) in [6.07, 6.45) is 0.761. The van der Waals surface area contributed by atoms with Crippen LogP contribution >= 0.6 is 0 Å². The lowest BCUT2D eigenvalue weighted by atomic mass is 10.1. The van der Waals surface area contributed by atoms with Crippen molar-refractivity contribution in [3.05, 3.63) is 89.0 Å². The highest BCUT2D eigenvalue weighted by atomic mass is 19.1. The number of Topliss-reactive ketones (excluding diaryl/α,β-unsaturated/α-hetero) is 1. The molecular weight excluding hydrogens is 327 g/mol. The molecule has 0 radical (unpaired) electrons. The fourth-order valence-corrected chi connectivity index (χ4v) is 3.20. The Labute approximate surface area is 153 Å². The summed E-state index contributed by atoms with van der Waals surface area (Å²) in [5, 5.41) is 3.19. The summed E-state index contributed by atoms with van der Waals surface area (Å²) in [6.45, 7) is 4.96. The molecule has 1 aromatic heterocycles. The highest BCUT2D eigenvalue weighted by molar-refractivity contribution is 5.99. The Kier molecular flexibility index (Phi) is 5.64. The third-order valence-corrected chi connectivity index (χ3v) is 4.54. The van der Waals surface area contributed by atoms with E-state index in [1.54, 1.807) is 12.1 Å². The third kappa shape index (κ3) is 4.09. The van der Waals surface area contributed by atoms with Gasteiger partial charge in [0.05, 0.1) is 6.54 Å². The van der Waals surface area contributed by atoms with E-state index in [2.05, 4.69) is 9.88 Å². The maximum absolute atomic E-state index is 12.9. The van der Waals surface area contributed by atoms with E-state index in [-0.39, 0.29) is 11.6 Å². The van der Waals surface area contributed by atoms with Gasteiger partial charge in [-0.25, -0.2) is 4.39 Å². The van der Waals surface area contributed by atoms with E-state index in [1.807, 2.05) is 50.2 Å². The molecule has 3 nitrogen and oxygen atoms in total. The number of aryl methyl sites for hydroxylation is 1. The van der Waals surface area contributed by atoms with Gasteiger partial charge in [0.15, 0.2) is 5.78 Å². The first-order chi connectivity index (χ1) is 12.6. The van der Waals surface area contributed by atoms with Gasteiger partial charge in [-0.2, -0.15) is 0 Å². The average molecular weight is 350 g/mol. The van der Waals surface area contributed by atoms with E-state index in [1.165, 1.54) is 12.1 Å². The maximum atomic E-state index is 12.9. The highest BCUT2D eigenvalue weighted by Crippen LogP contribution is 2.20. The summed E-state index contributed by atoms with van der Waals surface area (Å²) in [6, 6.07) is 18.4. The predicted octanol–water partition coefficient (Wildman–Crippen LogP) is 4.25. The Morgan fingerprint density at radius 3 is 2.42 bits per heavy atom. The van der Waals surface area contributed by atoms with E-state index in [9.17, 15) is 9.18 Å². The molecular formula is C22H23FN2O. The van der Waals surface area contributed by atoms with Crippen molar-refractivity contribution in [3.63, 3.8) is 0 Å². The number of hydrogen-bond acceptors (Lipinski definition) is 2. The average Bonchev–Trinajstić information content (AvgIpc) is 2.95. The summed E-state index contributed by atoms with van der Waals surface area (Å²) < 4.78 is 15.0. The molecule has 0 atom stereocenters. The summed E-state index contributed by atoms with van der Waals surface area (Å²) in [5.74, 6) is -0.148. The standard InChI is InChI=1S/C22H23FN2O/c1-16-14-21(17(2)25(16)20-6-4-3-5-7-20)22(26)15-24-13-12-18-8-10-19(23)11-9-18/h3-11,14,24H,12-13,15H2,1-2H3. The minimum atomic E-state index is -0.231. The Morgan fingerprint density at radius 2 is 1.73 bits per heavy atom. The van der Waals surface area contributed by atoms with Crippen LogP contribution in [0, 0.1) is 19.7 Å². The fourth-order valence-electron chi connectivity index (χ4n) is 3.20. The topological polar surface area (TPSA) is 34.0 Å². The number of carbonyl (C=O) groups is 1. The van der Waals surface area contributed by atoms with Crippen molar-refractivity contribution in [1.82, 2.24) is 9.88 Å². The number of halogens is 1. The highest BCUT2D eigenvalue weighted by Gasteiger charge is 2.16. The van der Waals surface area contributed by atoms with Gasteiger partial charge in [0.25, 0.3) is 0 Å². The molecule has 0 amide bonds. The summed E-state index contributed by atoms with van der Waals surface area (Å²) >= 11 is 0. The monoisotopic (exact) mass is 350 g/mol. The number of nitrogens with one attached hydrogen (secondary N) is 1. The van der Waals surface area contributed by atoms with Crippen LogP contribution in [-0.2, 0) is 6.42 Å². The zero-order valence-electron chi connectivity index (χ0n) is 15.1. The molecule has 0 spiro atoms. The molecule has 0 aliphatic rings. The maximum Gasteiger partial charge on any atom is 0.178 e. The van der Waals surface area contributed by atoms with Crippen molar-refractivity contribution in [2.45, 2.75) is 20.3 Å². The van der Waals surface area contributed by atoms with E-state index in [0.717, 1.165) is 34.6 Å². The number of ketones is 1. The second kappa shape index (κ2) is 8.11. The molecule has 0 aliphatic carbocycles. The Bertz CT molecular complexity index is 883. The van der Waals surface area contributed by atoms with Crippen molar-refractivity contribution in [3.8, 4) is 5.69 Å². The molecule has 1 N–H and O–H groups in total. The van der Waals surface area contributed by atoms with Crippen LogP contribution in [0.2, 0.25) is 0 Å². The normalized spacial score (nSPS) is 10.9. The zero-order valence-corrected chi connectivity index (χ0v) is 15.1. The van der Waals surface area contributed by atoms with Gasteiger partial charge < -0.3 is 9.88 Å². The van der Waals surface area contributed by atoms with Gasteiger partial charge in [-0.3, -0.25) is 4.79 Å². The van der Waals surface area contributed by atoms with Crippen LogP contribution in [-0.4, -0.2) is 23.4 Å². The van der Waals surface area contributed by atoms with Crippen molar-refractivity contribution in [1.29, 1.82) is 0 Å². The molecule has 3 aromatic rings. The van der Waals surface area contributed by atoms with Crippen LogP contribution in [0.1, 0.15) is 27.3 Å². The lowest BCUT2D eigenvalue weighted by molar-refractivity contribution is 0.0991. The Balaban J connectivity index is 1.61. The van der Waals surface area contributed by atoms with Gasteiger partial charge in [0.2, 0.25) is 0 Å². The number of carbonyl (C=O) groups excluding carboxylic acids is 1. The molecule has 0 saturated carbocycles. The quantitative estimate of drug-likeness (QED) is 0.511. The van der Waals surface area contributed by atoms with Crippen molar-refractivity contribution in [2.75, 3.05) is 13.1 Å². The summed E-state index contributed by atoms with van der Waals surface area (Å²) in [4.78, 5) is 12.6. The molecule has 0 aliphatic heterocycles. The second-order valence-electron chi connectivity index (χ2n) is 6.43. The molecule has 1 heterocycles. The molecule has 134 valence electrons. The number of para-hydroxylation sites is 1. The van der Waals surface area contributed by atoms with Crippen LogP contribution in [0.4, 0.5) is 4.39 Å². The van der Waals surface area contributed by atoms with Crippen LogP contribution < -0.4 is 5.32 Å². The smallest absolute Gasteiger partial charge is 0.178 e. The summed E-state index contributed by atoms with van der Waals surface area (Å²) in [7, 11) is 0. The number of benzene rings is 2. The van der Waals surface area contributed by atoms with Crippen molar-refractivity contribution < 1.29 is 9.18 Å².